The number of nitrogens with one attached hydrogen (secondary N) is 1. The fraction of sp³-hybridized carbons (Fsp3) is 0.188. The molecule has 1 amide bonds. The van der Waals surface area contributed by atoms with Gasteiger partial charge in [-0.3, -0.25) is 4.79 Å². The Morgan fingerprint density at radius 1 is 1.25 bits per heavy atom. The van der Waals surface area contributed by atoms with Crippen molar-refractivity contribution in [1.82, 2.24) is 5.32 Å². The highest BCUT2D eigenvalue weighted by Crippen LogP contribution is 2.21. The third-order valence-corrected chi connectivity index (χ3v) is 3.13. The van der Waals surface area contributed by atoms with E-state index < -0.39 is 0 Å². The third kappa shape index (κ3) is 3.09. The molecule has 0 unspecified atom stereocenters. The van der Waals surface area contributed by atoms with Gasteiger partial charge >= 0.3 is 0 Å². The van der Waals surface area contributed by atoms with Crippen molar-refractivity contribution in [2.45, 2.75) is 13.5 Å². The highest BCUT2D eigenvalue weighted by molar-refractivity contribution is 5.95. The Bertz CT molecular complexity index is 624. The number of benzene rings is 2. The molecule has 0 aliphatic heterocycles. The molecule has 2 aromatic carbocycles. The summed E-state index contributed by atoms with van der Waals surface area (Å²) in [5.74, 6) is 0.608. The standard InChI is InChI=1S/C16H18N2O2/c1-11-5-3-4-6-14(11)16(19)18-10-12-9-13(17)7-8-15(12)20-2/h3-9H,10,17H2,1-2H3,(H,18,19). The largest absolute Gasteiger partial charge is 0.496 e. The second-order valence-corrected chi connectivity index (χ2v) is 4.57. The number of carbonyl (C=O) groups is 1. The number of aryl methyl sites for hydroxylation is 1. The molecule has 0 aromatic heterocycles. The molecule has 0 bridgehead atoms. The van der Waals surface area contributed by atoms with Crippen LogP contribution < -0.4 is 15.8 Å². The number of nitrogens with two attached hydrogens (primary N) is 1. The molecular weight excluding hydrogens is 252 g/mol. The number of anilines is 1. The number of amides is 1. The molecule has 2 rings (SSSR count). The predicted octanol–water partition coefficient (Wildman–Crippen LogP) is 2.52. The Morgan fingerprint density at radius 3 is 2.70 bits per heavy atom. The van der Waals surface area contributed by atoms with Crippen LogP contribution in [0, 0.1) is 6.92 Å². The fourth-order valence-corrected chi connectivity index (χ4v) is 2.04. The molecule has 2 aromatic rings. The molecule has 0 heterocycles. The first-order valence-electron chi connectivity index (χ1n) is 6.38. The van der Waals surface area contributed by atoms with Crippen LogP contribution in [0.5, 0.6) is 5.75 Å². The molecule has 0 saturated carbocycles. The summed E-state index contributed by atoms with van der Waals surface area (Å²) in [6.07, 6.45) is 0. The number of hydrogen-bond donors (Lipinski definition) is 2. The van der Waals surface area contributed by atoms with E-state index in [1.807, 2.05) is 25.1 Å². The van der Waals surface area contributed by atoms with Crippen molar-refractivity contribution in [2.24, 2.45) is 0 Å². The number of methoxy groups -OCH3 is 1. The zero-order valence-corrected chi connectivity index (χ0v) is 11.6. The fourth-order valence-electron chi connectivity index (χ4n) is 2.04. The van der Waals surface area contributed by atoms with Crippen molar-refractivity contribution >= 4 is 11.6 Å². The second-order valence-electron chi connectivity index (χ2n) is 4.57. The predicted molar refractivity (Wildman–Crippen MR) is 79.8 cm³/mol. The Balaban J connectivity index is 2.11. The molecule has 20 heavy (non-hydrogen) atoms. The van der Waals surface area contributed by atoms with Crippen LogP contribution in [0.1, 0.15) is 21.5 Å². The summed E-state index contributed by atoms with van der Waals surface area (Å²) < 4.78 is 5.26. The summed E-state index contributed by atoms with van der Waals surface area (Å²) in [5.41, 5.74) is 8.88. The Labute approximate surface area is 118 Å². The monoisotopic (exact) mass is 270 g/mol. The highest BCUT2D eigenvalue weighted by Gasteiger charge is 2.09. The first-order chi connectivity index (χ1) is 9.61. The molecule has 0 spiro atoms. The Kier molecular flexibility index (Phi) is 4.25. The normalized spacial score (nSPS) is 10.1. The maximum absolute atomic E-state index is 12.1. The van der Waals surface area contributed by atoms with E-state index in [4.69, 9.17) is 10.5 Å². The molecule has 0 aliphatic rings. The lowest BCUT2D eigenvalue weighted by Gasteiger charge is -2.11. The Hall–Kier alpha value is -2.49. The molecule has 104 valence electrons. The third-order valence-electron chi connectivity index (χ3n) is 3.13. The van der Waals surface area contributed by atoms with Crippen LogP contribution in [0.4, 0.5) is 5.69 Å². The summed E-state index contributed by atoms with van der Waals surface area (Å²) in [4.78, 5) is 12.1. The summed E-state index contributed by atoms with van der Waals surface area (Å²) in [6.45, 7) is 2.29. The van der Waals surface area contributed by atoms with Crippen LogP contribution in [0.15, 0.2) is 42.5 Å². The van der Waals surface area contributed by atoms with E-state index in [9.17, 15) is 4.79 Å². The maximum Gasteiger partial charge on any atom is 0.251 e. The average Bonchev–Trinajstić information content (AvgIpc) is 2.45. The number of rotatable bonds is 4. The lowest BCUT2D eigenvalue weighted by molar-refractivity contribution is 0.0950. The van der Waals surface area contributed by atoms with Gasteiger partial charge in [0.05, 0.1) is 7.11 Å². The number of ether oxygens (including phenoxy) is 1. The van der Waals surface area contributed by atoms with E-state index in [0.29, 0.717) is 23.5 Å². The molecule has 0 atom stereocenters. The smallest absolute Gasteiger partial charge is 0.251 e. The minimum absolute atomic E-state index is 0.104. The number of carbonyl (C=O) groups excluding carboxylic acids is 1. The van der Waals surface area contributed by atoms with Gasteiger partial charge in [0.2, 0.25) is 0 Å². The molecule has 0 fully saturated rings. The van der Waals surface area contributed by atoms with Gasteiger partial charge in [-0.15, -0.1) is 0 Å². The van der Waals surface area contributed by atoms with Gasteiger partial charge in [0.15, 0.2) is 0 Å². The molecule has 0 radical (unpaired) electrons. The van der Waals surface area contributed by atoms with E-state index in [1.165, 1.54) is 0 Å². The van der Waals surface area contributed by atoms with Gasteiger partial charge in [-0.1, -0.05) is 18.2 Å². The van der Waals surface area contributed by atoms with Crippen LogP contribution in [-0.4, -0.2) is 13.0 Å². The van der Waals surface area contributed by atoms with Gasteiger partial charge in [-0.05, 0) is 36.8 Å². The molecule has 0 aliphatic carbocycles. The topological polar surface area (TPSA) is 64.3 Å². The van der Waals surface area contributed by atoms with Crippen LogP contribution in [0.2, 0.25) is 0 Å². The average molecular weight is 270 g/mol. The van der Waals surface area contributed by atoms with Crippen LogP contribution >= 0.6 is 0 Å². The van der Waals surface area contributed by atoms with Gasteiger partial charge in [0.25, 0.3) is 5.91 Å². The van der Waals surface area contributed by atoms with Crippen molar-refractivity contribution in [1.29, 1.82) is 0 Å². The lowest BCUT2D eigenvalue weighted by atomic mass is 10.1. The summed E-state index contributed by atoms with van der Waals surface area (Å²) in [5, 5.41) is 2.88. The van der Waals surface area contributed by atoms with E-state index in [-0.39, 0.29) is 5.91 Å². The van der Waals surface area contributed by atoms with Crippen LogP contribution in [0.25, 0.3) is 0 Å². The SMILES string of the molecule is COc1ccc(N)cc1CNC(=O)c1ccccc1C. The molecule has 4 nitrogen and oxygen atoms in total. The van der Waals surface area contributed by atoms with E-state index in [2.05, 4.69) is 5.32 Å². The van der Waals surface area contributed by atoms with Gasteiger partial charge < -0.3 is 15.8 Å². The van der Waals surface area contributed by atoms with E-state index in [0.717, 1.165) is 11.1 Å². The maximum atomic E-state index is 12.1. The first kappa shape index (κ1) is 13.9. The van der Waals surface area contributed by atoms with E-state index in [1.54, 1.807) is 31.4 Å². The second kappa shape index (κ2) is 6.10. The first-order valence-corrected chi connectivity index (χ1v) is 6.38. The van der Waals surface area contributed by atoms with Crippen molar-refractivity contribution < 1.29 is 9.53 Å². The molecule has 4 heteroatoms. The molecule has 0 saturated heterocycles. The van der Waals surface area contributed by atoms with Crippen LogP contribution in [-0.2, 0) is 6.54 Å². The van der Waals surface area contributed by atoms with E-state index >= 15 is 0 Å². The summed E-state index contributed by atoms with van der Waals surface area (Å²) in [7, 11) is 1.60. The van der Waals surface area contributed by atoms with Gasteiger partial charge in [-0.25, -0.2) is 0 Å². The minimum atomic E-state index is -0.104. The minimum Gasteiger partial charge on any atom is -0.496 e. The van der Waals surface area contributed by atoms with Gasteiger partial charge in [-0.2, -0.15) is 0 Å². The zero-order chi connectivity index (χ0) is 14.5. The molecular formula is C16H18N2O2. The quantitative estimate of drug-likeness (QED) is 0.839. The van der Waals surface area contributed by atoms with Crippen molar-refractivity contribution in [3.05, 3.63) is 59.2 Å². The van der Waals surface area contributed by atoms with Gasteiger partial charge in [0, 0.05) is 23.4 Å². The summed E-state index contributed by atoms with van der Waals surface area (Å²) >= 11 is 0. The van der Waals surface area contributed by atoms with Crippen LogP contribution in [0.3, 0.4) is 0 Å². The molecule has 3 N–H and O–H groups in total. The lowest BCUT2D eigenvalue weighted by Crippen LogP contribution is -2.23. The van der Waals surface area contributed by atoms with Gasteiger partial charge in [0.1, 0.15) is 5.75 Å². The zero-order valence-electron chi connectivity index (χ0n) is 11.6. The Morgan fingerprint density at radius 2 is 2.00 bits per heavy atom. The summed E-state index contributed by atoms with van der Waals surface area (Å²) in [6, 6.07) is 12.8. The highest BCUT2D eigenvalue weighted by atomic mass is 16.5. The number of hydrogen-bond acceptors (Lipinski definition) is 3. The van der Waals surface area contributed by atoms with Crippen molar-refractivity contribution in [3.63, 3.8) is 0 Å². The van der Waals surface area contributed by atoms with Crippen molar-refractivity contribution in [3.8, 4) is 5.75 Å². The number of nitrogen functional groups attached to an aromatic ring is 1. The van der Waals surface area contributed by atoms with Crippen molar-refractivity contribution in [2.75, 3.05) is 12.8 Å².